The van der Waals surface area contributed by atoms with E-state index in [1.54, 1.807) is 27.0 Å². The summed E-state index contributed by atoms with van der Waals surface area (Å²) in [5, 5.41) is 27.5. The Hall–Kier alpha value is -3.70. The molecule has 3 aromatic rings. The van der Waals surface area contributed by atoms with Gasteiger partial charge in [-0.15, -0.1) is 15.6 Å². The first-order valence-electron chi connectivity index (χ1n) is 14.4. The lowest BCUT2D eigenvalue weighted by atomic mass is 9.82. The molecule has 5 rings (SSSR count). The molecule has 1 unspecified atom stereocenters. The van der Waals surface area contributed by atoms with Crippen molar-refractivity contribution < 1.29 is 41.5 Å². The fourth-order valence-electron chi connectivity index (χ4n) is 5.62. The lowest BCUT2D eigenvalue weighted by Crippen LogP contribution is -2.37. The molecule has 1 amide bonds. The molecule has 0 bridgehead atoms. The fourth-order valence-corrected chi connectivity index (χ4v) is 7.90. The maximum Gasteiger partial charge on any atom is 0.427 e. The normalized spacial score (nSPS) is 21.0. The summed E-state index contributed by atoms with van der Waals surface area (Å²) >= 11 is 1.01. The average molecular weight is 670 g/mol. The zero-order chi connectivity index (χ0) is 32.7. The molecule has 1 saturated heterocycles. The Kier molecular flexibility index (Phi) is 9.15. The van der Waals surface area contributed by atoms with Crippen LogP contribution in [0.15, 0.2) is 28.6 Å². The highest BCUT2D eigenvalue weighted by atomic mass is 32.2. The van der Waals surface area contributed by atoms with Crippen molar-refractivity contribution in [2.45, 2.75) is 94.3 Å². The van der Waals surface area contributed by atoms with E-state index < -0.39 is 67.1 Å². The Morgan fingerprint density at radius 1 is 1.18 bits per heavy atom. The molecule has 2 aromatic heterocycles. The number of nitro groups is 1. The number of hydrogen-bond acceptors (Lipinski definition) is 10. The number of halogens is 2. The molecule has 13 nitrogen and oxygen atoms in total. The third-order valence-electron chi connectivity index (χ3n) is 7.74. The number of rotatable bonds is 8. The van der Waals surface area contributed by atoms with Crippen LogP contribution in [0.4, 0.5) is 25.2 Å². The van der Waals surface area contributed by atoms with Crippen molar-refractivity contribution in [1.29, 1.82) is 0 Å². The Balaban J connectivity index is 1.44. The Bertz CT molecular complexity index is 1680. The van der Waals surface area contributed by atoms with Crippen molar-refractivity contribution in [2.24, 2.45) is 0 Å². The van der Waals surface area contributed by atoms with Gasteiger partial charge in [0.25, 0.3) is 10.0 Å². The molecule has 45 heavy (non-hydrogen) atoms. The molecule has 17 heteroatoms. The van der Waals surface area contributed by atoms with E-state index in [0.29, 0.717) is 55.0 Å². The van der Waals surface area contributed by atoms with E-state index in [1.165, 1.54) is 10.1 Å². The maximum atomic E-state index is 15.4. The molecule has 1 aliphatic carbocycles. The van der Waals surface area contributed by atoms with Crippen molar-refractivity contribution in [3.05, 3.63) is 56.0 Å². The molecule has 1 N–H and O–H groups in total. The van der Waals surface area contributed by atoms with Crippen molar-refractivity contribution in [3.63, 3.8) is 0 Å². The van der Waals surface area contributed by atoms with Crippen LogP contribution >= 0.6 is 11.3 Å². The standard InChI is InChI=1S/C28H33F2N5O8S2/c1-28(2,3)26-31-22(15-44-26)34(27(36)37)45(40,41)24-19(29)12-16(13-20(24)30)43-21-9-5-4-8-17(21)18-14-33(32-25(18)35(38)39)23-10-6-7-11-42-23/h12-15,17,21,23H,4-11H2,1-3H3,(H,36,37)/t17-,21+,23?/m1/s1. The van der Waals surface area contributed by atoms with Gasteiger partial charge in [-0.3, -0.25) is 0 Å². The van der Waals surface area contributed by atoms with E-state index in [4.69, 9.17) is 9.47 Å². The number of ether oxygens (including phenoxy) is 2. The van der Waals surface area contributed by atoms with Crippen LogP contribution < -0.4 is 9.04 Å². The van der Waals surface area contributed by atoms with Crippen LogP contribution in [0.5, 0.6) is 5.75 Å². The smallest absolute Gasteiger partial charge is 0.427 e. The van der Waals surface area contributed by atoms with Gasteiger partial charge >= 0.3 is 11.9 Å². The Morgan fingerprint density at radius 2 is 1.84 bits per heavy atom. The number of carbonyl (C=O) groups is 1. The summed E-state index contributed by atoms with van der Waals surface area (Å²) in [6, 6.07) is 1.33. The zero-order valence-electron chi connectivity index (χ0n) is 24.8. The topological polar surface area (TPSA) is 167 Å². The van der Waals surface area contributed by atoms with E-state index in [0.717, 1.165) is 30.6 Å². The van der Waals surface area contributed by atoms with E-state index in [9.17, 15) is 28.4 Å². The van der Waals surface area contributed by atoms with Gasteiger partial charge in [-0.2, -0.15) is 4.68 Å². The number of nitrogens with zero attached hydrogens (tertiary/aromatic N) is 5. The Morgan fingerprint density at radius 3 is 2.42 bits per heavy atom. The van der Waals surface area contributed by atoms with Gasteiger partial charge in [-0.1, -0.05) is 27.2 Å². The summed E-state index contributed by atoms with van der Waals surface area (Å²) in [6.45, 7) is 5.89. The lowest BCUT2D eigenvalue weighted by Gasteiger charge is -2.31. The van der Waals surface area contributed by atoms with E-state index >= 15 is 8.78 Å². The predicted octanol–water partition coefficient (Wildman–Crippen LogP) is 6.50. The van der Waals surface area contributed by atoms with E-state index in [-0.39, 0.29) is 15.9 Å². The van der Waals surface area contributed by atoms with Crippen LogP contribution in [0.3, 0.4) is 0 Å². The Labute approximate surface area is 262 Å². The summed E-state index contributed by atoms with van der Waals surface area (Å²) in [5.41, 5.74) is -0.222. The quantitative estimate of drug-likeness (QED) is 0.207. The van der Waals surface area contributed by atoms with Crippen LogP contribution in [0.1, 0.15) is 88.4 Å². The molecule has 2 fully saturated rings. The first kappa shape index (κ1) is 32.7. The monoisotopic (exact) mass is 669 g/mol. The second-order valence-corrected chi connectivity index (χ2v) is 14.6. The molecule has 0 spiro atoms. The van der Waals surface area contributed by atoms with Crippen LogP contribution in [-0.4, -0.2) is 52.0 Å². The van der Waals surface area contributed by atoms with Crippen LogP contribution in [0.25, 0.3) is 0 Å². The van der Waals surface area contributed by atoms with Gasteiger partial charge in [0.15, 0.2) is 16.9 Å². The largest absolute Gasteiger partial charge is 0.490 e. The SMILES string of the molecule is CC(C)(C)c1nc(N(C(=O)O)S(=O)(=O)c2c(F)cc(O[C@H]3CCCC[C@@H]3c3cn(C4CCCCO4)nc3[N+](=O)[O-])cc2F)cs1. The first-order valence-corrected chi connectivity index (χ1v) is 16.8. The summed E-state index contributed by atoms with van der Waals surface area (Å²) in [7, 11) is -5.30. The zero-order valence-corrected chi connectivity index (χ0v) is 26.4. The summed E-state index contributed by atoms with van der Waals surface area (Å²) in [5.74, 6) is -4.89. The number of benzene rings is 1. The van der Waals surface area contributed by atoms with Crippen molar-refractivity contribution >= 4 is 39.1 Å². The highest BCUT2D eigenvalue weighted by Crippen LogP contribution is 2.41. The van der Waals surface area contributed by atoms with Crippen molar-refractivity contribution in [2.75, 3.05) is 10.9 Å². The second kappa shape index (κ2) is 12.6. The first-order chi connectivity index (χ1) is 21.2. The van der Waals surface area contributed by atoms with Crippen LogP contribution in [0.2, 0.25) is 0 Å². The minimum Gasteiger partial charge on any atom is -0.490 e. The molecule has 1 aromatic carbocycles. The van der Waals surface area contributed by atoms with Gasteiger partial charge in [0, 0.05) is 35.5 Å². The molecule has 0 radical (unpaired) electrons. The summed E-state index contributed by atoms with van der Waals surface area (Å²) in [4.78, 5) is 26.0. The second-order valence-electron chi connectivity index (χ2n) is 12.0. The molecule has 3 heterocycles. The third kappa shape index (κ3) is 6.65. The minimum atomic E-state index is -5.30. The fraction of sp³-hybridized carbons (Fsp3) is 0.536. The minimum absolute atomic E-state index is 0.162. The van der Waals surface area contributed by atoms with E-state index in [1.807, 2.05) is 0 Å². The third-order valence-corrected chi connectivity index (χ3v) is 10.7. The van der Waals surface area contributed by atoms with Gasteiger partial charge in [-0.05, 0) is 43.4 Å². The molecule has 2 aliphatic rings. The summed E-state index contributed by atoms with van der Waals surface area (Å²) < 4.78 is 70.6. The lowest BCUT2D eigenvalue weighted by molar-refractivity contribution is -0.391. The number of anilines is 1. The molecular weight excluding hydrogens is 636 g/mol. The molecule has 244 valence electrons. The maximum absolute atomic E-state index is 15.4. The molecular formula is C28H33F2N5O8S2. The van der Waals surface area contributed by atoms with Crippen molar-refractivity contribution in [3.8, 4) is 5.75 Å². The molecule has 3 atom stereocenters. The summed E-state index contributed by atoms with van der Waals surface area (Å²) in [6.07, 6.45) is 3.11. The predicted molar refractivity (Wildman–Crippen MR) is 158 cm³/mol. The molecule has 1 saturated carbocycles. The molecule has 1 aliphatic heterocycles. The number of aromatic nitrogens is 3. The van der Waals surface area contributed by atoms with Gasteiger partial charge < -0.3 is 24.7 Å². The van der Waals surface area contributed by atoms with Crippen molar-refractivity contribution in [1.82, 2.24) is 14.8 Å². The number of hydrogen-bond donors (Lipinski definition) is 1. The van der Waals surface area contributed by atoms with E-state index in [2.05, 4.69) is 10.1 Å². The highest BCUT2D eigenvalue weighted by molar-refractivity contribution is 7.93. The number of sulfonamides is 1. The van der Waals surface area contributed by atoms with Gasteiger partial charge in [0.2, 0.25) is 0 Å². The number of carboxylic acid groups (broad SMARTS) is 1. The van der Waals surface area contributed by atoms with Gasteiger partial charge in [-0.25, -0.2) is 27.0 Å². The van der Waals surface area contributed by atoms with Gasteiger partial charge in [0.1, 0.15) is 28.5 Å². The van der Waals surface area contributed by atoms with Crippen LogP contribution in [-0.2, 0) is 20.2 Å². The van der Waals surface area contributed by atoms with Gasteiger partial charge in [0.05, 0.1) is 16.9 Å². The number of thiazole rings is 1. The number of amides is 1. The highest BCUT2D eigenvalue weighted by Gasteiger charge is 2.40. The average Bonchev–Trinajstić information content (AvgIpc) is 3.61. The van der Waals surface area contributed by atoms with Crippen LogP contribution in [0, 0.1) is 21.7 Å².